The maximum atomic E-state index is 10.9. The highest BCUT2D eigenvalue weighted by atomic mass is 32.1. The molecule has 1 fully saturated rings. The van der Waals surface area contributed by atoms with Crippen molar-refractivity contribution < 1.29 is 4.79 Å². The van der Waals surface area contributed by atoms with E-state index in [1.54, 1.807) is 16.8 Å². The van der Waals surface area contributed by atoms with Crippen LogP contribution in [0.15, 0.2) is 10.9 Å². The van der Waals surface area contributed by atoms with Gasteiger partial charge in [-0.25, -0.2) is 4.98 Å². The molecule has 4 nitrogen and oxygen atoms in total. The van der Waals surface area contributed by atoms with Crippen LogP contribution in [0.3, 0.4) is 0 Å². The van der Waals surface area contributed by atoms with Crippen LogP contribution in [0.4, 0.5) is 0 Å². The monoisotopic (exact) mass is 197 g/mol. The molecule has 0 aromatic carbocycles. The summed E-state index contributed by atoms with van der Waals surface area (Å²) in [6.45, 7) is 3.02. The molecule has 1 amide bonds. The standard InChI is InChI=1S/C8H11N3OS/c1-8(6-3-13-5-10-6)4-9-7(12)2-11-8/h3,5,11H,2,4H2,1H3,(H,9,12). The molecular formula is C8H11N3OS. The van der Waals surface area contributed by atoms with Gasteiger partial charge in [-0.3, -0.25) is 10.1 Å². The largest absolute Gasteiger partial charge is 0.353 e. The predicted molar refractivity (Wildman–Crippen MR) is 50.5 cm³/mol. The quantitative estimate of drug-likeness (QED) is 0.670. The summed E-state index contributed by atoms with van der Waals surface area (Å²) in [4.78, 5) is 15.2. The Bertz CT molecular complexity index is 299. The van der Waals surface area contributed by atoms with Crippen LogP contribution in [0.25, 0.3) is 0 Å². The summed E-state index contributed by atoms with van der Waals surface area (Å²) in [5.41, 5.74) is 2.60. The Balaban J connectivity index is 2.18. The first-order valence-electron chi connectivity index (χ1n) is 4.11. The van der Waals surface area contributed by atoms with Gasteiger partial charge in [-0.1, -0.05) is 0 Å². The third-order valence-corrected chi connectivity index (χ3v) is 2.86. The molecule has 13 heavy (non-hydrogen) atoms. The lowest BCUT2D eigenvalue weighted by molar-refractivity contribution is -0.122. The number of hydrogen-bond donors (Lipinski definition) is 2. The van der Waals surface area contributed by atoms with Gasteiger partial charge in [0, 0.05) is 11.9 Å². The van der Waals surface area contributed by atoms with Gasteiger partial charge in [0.2, 0.25) is 5.91 Å². The van der Waals surface area contributed by atoms with Gasteiger partial charge in [-0.05, 0) is 6.92 Å². The van der Waals surface area contributed by atoms with Crippen LogP contribution >= 0.6 is 11.3 Å². The van der Waals surface area contributed by atoms with E-state index in [0.29, 0.717) is 13.1 Å². The molecule has 1 atom stereocenters. The molecule has 0 aliphatic carbocycles. The van der Waals surface area contributed by atoms with E-state index in [1.165, 1.54) is 0 Å². The maximum absolute atomic E-state index is 10.9. The van der Waals surface area contributed by atoms with Crippen LogP contribution in [-0.4, -0.2) is 24.0 Å². The SMILES string of the molecule is CC1(c2cscn2)CNC(=O)CN1. The number of carbonyl (C=O) groups excluding carboxylic acids is 1. The number of nitrogens with zero attached hydrogens (tertiary/aromatic N) is 1. The van der Waals surface area contributed by atoms with Crippen LogP contribution in [0.5, 0.6) is 0 Å². The molecule has 5 heteroatoms. The zero-order chi connectivity index (χ0) is 9.31. The minimum atomic E-state index is -0.200. The van der Waals surface area contributed by atoms with Gasteiger partial charge < -0.3 is 5.32 Å². The van der Waals surface area contributed by atoms with Crippen molar-refractivity contribution in [2.24, 2.45) is 0 Å². The van der Waals surface area contributed by atoms with Crippen LogP contribution in [0.2, 0.25) is 0 Å². The lowest BCUT2D eigenvalue weighted by atomic mass is 9.97. The molecule has 1 aromatic rings. The van der Waals surface area contributed by atoms with Crippen molar-refractivity contribution in [3.8, 4) is 0 Å². The lowest BCUT2D eigenvalue weighted by Gasteiger charge is -2.33. The van der Waals surface area contributed by atoms with Crippen LogP contribution in [0.1, 0.15) is 12.6 Å². The van der Waals surface area contributed by atoms with Gasteiger partial charge in [-0.2, -0.15) is 0 Å². The summed E-state index contributed by atoms with van der Waals surface area (Å²) < 4.78 is 0. The maximum Gasteiger partial charge on any atom is 0.234 e. The summed E-state index contributed by atoms with van der Waals surface area (Å²) in [5.74, 6) is 0.0488. The first-order valence-corrected chi connectivity index (χ1v) is 5.05. The zero-order valence-corrected chi connectivity index (χ0v) is 8.15. The highest BCUT2D eigenvalue weighted by Crippen LogP contribution is 2.20. The second-order valence-corrected chi connectivity index (χ2v) is 4.05. The van der Waals surface area contributed by atoms with E-state index in [9.17, 15) is 4.79 Å². The predicted octanol–water partition coefficient (Wildman–Crippen LogP) is 0.0777. The van der Waals surface area contributed by atoms with E-state index < -0.39 is 0 Å². The molecule has 2 rings (SSSR count). The second kappa shape index (κ2) is 3.08. The Morgan fingerprint density at radius 3 is 3.08 bits per heavy atom. The van der Waals surface area contributed by atoms with Gasteiger partial charge in [0.25, 0.3) is 0 Å². The molecule has 2 heterocycles. The van der Waals surface area contributed by atoms with Crippen molar-refractivity contribution in [1.82, 2.24) is 15.6 Å². The Labute approximate surface area is 80.4 Å². The summed E-state index contributed by atoms with van der Waals surface area (Å²) in [7, 11) is 0. The third-order valence-electron chi connectivity index (χ3n) is 2.28. The van der Waals surface area contributed by atoms with Gasteiger partial charge in [-0.15, -0.1) is 11.3 Å². The zero-order valence-electron chi connectivity index (χ0n) is 7.33. The van der Waals surface area contributed by atoms with Crippen molar-refractivity contribution >= 4 is 17.2 Å². The summed E-state index contributed by atoms with van der Waals surface area (Å²) in [5, 5.41) is 8.01. The van der Waals surface area contributed by atoms with Gasteiger partial charge in [0.1, 0.15) is 0 Å². The fourth-order valence-corrected chi connectivity index (χ4v) is 2.03. The molecule has 1 unspecified atom stereocenters. The molecule has 1 aliphatic rings. The van der Waals surface area contributed by atoms with E-state index in [0.717, 1.165) is 5.69 Å². The molecule has 0 saturated carbocycles. The molecule has 1 aromatic heterocycles. The number of piperazine rings is 1. The Kier molecular flexibility index (Phi) is 2.05. The fourth-order valence-electron chi connectivity index (χ4n) is 1.34. The van der Waals surface area contributed by atoms with Crippen molar-refractivity contribution in [2.75, 3.05) is 13.1 Å². The molecular weight excluding hydrogens is 186 g/mol. The number of hydrogen-bond acceptors (Lipinski definition) is 4. The average Bonchev–Trinajstić information content (AvgIpc) is 2.63. The number of amides is 1. The van der Waals surface area contributed by atoms with Crippen LogP contribution in [0, 0.1) is 0 Å². The molecule has 0 spiro atoms. The van der Waals surface area contributed by atoms with Crippen molar-refractivity contribution in [2.45, 2.75) is 12.5 Å². The van der Waals surface area contributed by atoms with Crippen molar-refractivity contribution in [3.63, 3.8) is 0 Å². The van der Waals surface area contributed by atoms with Gasteiger partial charge >= 0.3 is 0 Å². The van der Waals surface area contributed by atoms with E-state index in [2.05, 4.69) is 15.6 Å². The van der Waals surface area contributed by atoms with Gasteiger partial charge in [0.15, 0.2) is 0 Å². The minimum Gasteiger partial charge on any atom is -0.353 e. The molecule has 0 radical (unpaired) electrons. The number of thiazole rings is 1. The smallest absolute Gasteiger partial charge is 0.234 e. The lowest BCUT2D eigenvalue weighted by Crippen LogP contribution is -2.57. The fraction of sp³-hybridized carbons (Fsp3) is 0.500. The summed E-state index contributed by atoms with van der Waals surface area (Å²) in [6, 6.07) is 0. The number of rotatable bonds is 1. The van der Waals surface area contributed by atoms with Crippen molar-refractivity contribution in [1.29, 1.82) is 0 Å². The number of aromatic nitrogens is 1. The first kappa shape index (κ1) is 8.65. The Morgan fingerprint density at radius 1 is 1.69 bits per heavy atom. The Morgan fingerprint density at radius 2 is 2.54 bits per heavy atom. The van der Waals surface area contributed by atoms with E-state index in [1.807, 2.05) is 12.3 Å². The summed E-state index contributed by atoms with van der Waals surface area (Å²) >= 11 is 1.57. The average molecular weight is 197 g/mol. The first-order chi connectivity index (χ1) is 6.21. The molecule has 1 aliphatic heterocycles. The molecule has 0 bridgehead atoms. The van der Waals surface area contributed by atoms with E-state index >= 15 is 0 Å². The van der Waals surface area contributed by atoms with Crippen molar-refractivity contribution in [3.05, 3.63) is 16.6 Å². The topological polar surface area (TPSA) is 54.0 Å². The normalized spacial score (nSPS) is 28.5. The highest BCUT2D eigenvalue weighted by molar-refractivity contribution is 7.07. The highest BCUT2D eigenvalue weighted by Gasteiger charge is 2.32. The minimum absolute atomic E-state index is 0.0488. The third kappa shape index (κ3) is 1.57. The van der Waals surface area contributed by atoms with E-state index in [4.69, 9.17) is 0 Å². The second-order valence-electron chi connectivity index (χ2n) is 3.34. The Hall–Kier alpha value is -0.940. The number of nitrogens with one attached hydrogen (secondary N) is 2. The van der Waals surface area contributed by atoms with E-state index in [-0.39, 0.29) is 11.4 Å². The summed E-state index contributed by atoms with van der Waals surface area (Å²) in [6.07, 6.45) is 0. The number of carbonyl (C=O) groups is 1. The molecule has 2 N–H and O–H groups in total. The molecule has 1 saturated heterocycles. The van der Waals surface area contributed by atoms with Crippen LogP contribution < -0.4 is 10.6 Å². The molecule has 70 valence electrons. The van der Waals surface area contributed by atoms with Crippen LogP contribution in [-0.2, 0) is 10.3 Å². The van der Waals surface area contributed by atoms with Gasteiger partial charge in [0.05, 0.1) is 23.3 Å².